The molecule has 1 aromatic carbocycles. The van der Waals surface area contributed by atoms with E-state index in [-0.39, 0.29) is 0 Å². The Morgan fingerprint density at radius 2 is 2.00 bits per heavy atom. The molecule has 0 unspecified atom stereocenters. The molecule has 20 heavy (non-hydrogen) atoms. The summed E-state index contributed by atoms with van der Waals surface area (Å²) >= 11 is 0. The molecule has 2 heterocycles. The van der Waals surface area contributed by atoms with Crippen molar-refractivity contribution in [2.45, 2.75) is 25.7 Å². The van der Waals surface area contributed by atoms with Crippen LogP contribution in [0.2, 0.25) is 0 Å². The van der Waals surface area contributed by atoms with Crippen molar-refractivity contribution < 1.29 is 0 Å². The van der Waals surface area contributed by atoms with E-state index in [4.69, 9.17) is 4.98 Å². The molecule has 1 aromatic heterocycles. The van der Waals surface area contributed by atoms with Gasteiger partial charge in [0, 0.05) is 11.3 Å². The maximum absolute atomic E-state index is 9.41. The van der Waals surface area contributed by atoms with Gasteiger partial charge in [-0.1, -0.05) is 12.1 Å². The highest BCUT2D eigenvalue weighted by atomic mass is 15.1. The molecule has 0 spiro atoms. The molecule has 0 N–H and O–H groups in total. The van der Waals surface area contributed by atoms with Crippen molar-refractivity contribution in [3.05, 3.63) is 41.1 Å². The van der Waals surface area contributed by atoms with E-state index in [0.717, 1.165) is 48.1 Å². The summed E-state index contributed by atoms with van der Waals surface area (Å²) in [4.78, 5) is 7.16. The Morgan fingerprint density at radius 1 is 1.25 bits per heavy atom. The molecule has 1 aliphatic heterocycles. The number of aryl methyl sites for hydroxylation is 1. The standard InChI is InChI=1S/C17H19N3/c1-12-3-4-14-10-15(11-18)17(19-16(14)9-12)13-5-7-20(2)8-6-13/h3-4,9-10,13H,5-8H2,1-2H3. The van der Waals surface area contributed by atoms with Crippen molar-refractivity contribution in [3.63, 3.8) is 0 Å². The Hall–Kier alpha value is -1.92. The number of benzene rings is 1. The van der Waals surface area contributed by atoms with Gasteiger partial charge in [0.2, 0.25) is 0 Å². The Labute approximate surface area is 119 Å². The number of aromatic nitrogens is 1. The van der Waals surface area contributed by atoms with Gasteiger partial charge in [0.15, 0.2) is 0 Å². The molecule has 0 amide bonds. The summed E-state index contributed by atoms with van der Waals surface area (Å²) in [5, 5.41) is 10.5. The topological polar surface area (TPSA) is 39.9 Å². The van der Waals surface area contributed by atoms with E-state index in [2.05, 4.69) is 43.1 Å². The fraction of sp³-hybridized carbons (Fsp3) is 0.412. The molecule has 1 fully saturated rings. The van der Waals surface area contributed by atoms with Crippen LogP contribution in [0.1, 0.15) is 35.6 Å². The lowest BCUT2D eigenvalue weighted by atomic mass is 9.90. The molecule has 1 aliphatic rings. The molecule has 1 saturated heterocycles. The summed E-state index contributed by atoms with van der Waals surface area (Å²) in [5.41, 5.74) is 3.97. The Balaban J connectivity index is 2.06. The van der Waals surface area contributed by atoms with Crippen LogP contribution in [0.15, 0.2) is 24.3 Å². The zero-order valence-electron chi connectivity index (χ0n) is 12.1. The second-order valence-corrected chi connectivity index (χ2v) is 5.81. The normalized spacial score (nSPS) is 17.2. The summed E-state index contributed by atoms with van der Waals surface area (Å²) in [6.07, 6.45) is 2.19. The average molecular weight is 265 g/mol. The number of hydrogen-bond donors (Lipinski definition) is 0. The lowest BCUT2D eigenvalue weighted by Gasteiger charge is -2.29. The highest BCUT2D eigenvalue weighted by Gasteiger charge is 2.22. The largest absolute Gasteiger partial charge is 0.306 e. The van der Waals surface area contributed by atoms with Crippen LogP contribution in [0.4, 0.5) is 0 Å². The Bertz CT molecular complexity index is 676. The van der Waals surface area contributed by atoms with Gasteiger partial charge in [-0.25, -0.2) is 0 Å². The van der Waals surface area contributed by atoms with Crippen LogP contribution >= 0.6 is 0 Å². The maximum Gasteiger partial charge on any atom is 0.101 e. The third-order valence-electron chi connectivity index (χ3n) is 4.23. The summed E-state index contributed by atoms with van der Waals surface area (Å²) in [5.74, 6) is 0.422. The van der Waals surface area contributed by atoms with Gasteiger partial charge in [0.05, 0.1) is 16.8 Å². The second-order valence-electron chi connectivity index (χ2n) is 5.81. The molecule has 3 heteroatoms. The van der Waals surface area contributed by atoms with Gasteiger partial charge >= 0.3 is 0 Å². The number of nitrogens with zero attached hydrogens (tertiary/aromatic N) is 3. The molecule has 2 aromatic rings. The number of fused-ring (bicyclic) bond motifs is 1. The maximum atomic E-state index is 9.41. The van der Waals surface area contributed by atoms with Crippen molar-refractivity contribution in [1.82, 2.24) is 9.88 Å². The molecular weight excluding hydrogens is 246 g/mol. The van der Waals surface area contributed by atoms with Gasteiger partial charge in [0.1, 0.15) is 6.07 Å². The van der Waals surface area contributed by atoms with Gasteiger partial charge in [-0.3, -0.25) is 4.98 Å². The van der Waals surface area contributed by atoms with E-state index in [0.29, 0.717) is 5.92 Å². The molecule has 3 nitrogen and oxygen atoms in total. The molecule has 0 radical (unpaired) electrons. The van der Waals surface area contributed by atoms with E-state index >= 15 is 0 Å². The first-order valence-corrected chi connectivity index (χ1v) is 7.17. The van der Waals surface area contributed by atoms with Crippen molar-refractivity contribution in [2.75, 3.05) is 20.1 Å². The van der Waals surface area contributed by atoms with Crippen molar-refractivity contribution in [1.29, 1.82) is 5.26 Å². The van der Waals surface area contributed by atoms with Gasteiger partial charge in [-0.05, 0) is 57.6 Å². The van der Waals surface area contributed by atoms with Crippen molar-refractivity contribution >= 4 is 10.9 Å². The van der Waals surface area contributed by atoms with Gasteiger partial charge < -0.3 is 4.90 Å². The second kappa shape index (κ2) is 5.22. The first-order chi connectivity index (χ1) is 9.67. The predicted molar refractivity (Wildman–Crippen MR) is 80.7 cm³/mol. The minimum absolute atomic E-state index is 0.422. The SMILES string of the molecule is Cc1ccc2cc(C#N)c(C3CCN(C)CC3)nc2c1. The molecule has 0 aliphatic carbocycles. The molecule has 0 bridgehead atoms. The van der Waals surface area contributed by atoms with Crippen LogP contribution in [-0.2, 0) is 0 Å². The van der Waals surface area contributed by atoms with Crippen molar-refractivity contribution in [3.8, 4) is 6.07 Å². The van der Waals surface area contributed by atoms with E-state index in [9.17, 15) is 5.26 Å². The minimum Gasteiger partial charge on any atom is -0.306 e. The van der Waals surface area contributed by atoms with Gasteiger partial charge in [0.25, 0.3) is 0 Å². The third kappa shape index (κ3) is 2.39. The number of likely N-dealkylation sites (tertiary alicyclic amines) is 1. The summed E-state index contributed by atoms with van der Waals surface area (Å²) in [6.45, 7) is 4.25. The van der Waals surface area contributed by atoms with Crippen LogP contribution < -0.4 is 0 Å². The summed E-state index contributed by atoms with van der Waals surface area (Å²) in [6, 6.07) is 10.6. The summed E-state index contributed by atoms with van der Waals surface area (Å²) < 4.78 is 0. The van der Waals surface area contributed by atoms with E-state index in [1.54, 1.807) is 0 Å². The fourth-order valence-corrected chi connectivity index (χ4v) is 2.97. The van der Waals surface area contributed by atoms with E-state index < -0.39 is 0 Å². The van der Waals surface area contributed by atoms with Crippen LogP contribution in [0.3, 0.4) is 0 Å². The zero-order chi connectivity index (χ0) is 14.1. The van der Waals surface area contributed by atoms with Crippen LogP contribution in [0, 0.1) is 18.3 Å². The minimum atomic E-state index is 0.422. The number of pyridine rings is 1. The molecule has 0 atom stereocenters. The number of rotatable bonds is 1. The van der Waals surface area contributed by atoms with E-state index in [1.807, 2.05) is 6.07 Å². The van der Waals surface area contributed by atoms with Crippen LogP contribution in [-0.4, -0.2) is 30.0 Å². The lowest BCUT2D eigenvalue weighted by Crippen LogP contribution is -2.29. The lowest BCUT2D eigenvalue weighted by molar-refractivity contribution is 0.253. The highest BCUT2D eigenvalue weighted by Crippen LogP contribution is 2.30. The molecule has 102 valence electrons. The quantitative estimate of drug-likeness (QED) is 0.794. The summed E-state index contributed by atoms with van der Waals surface area (Å²) in [7, 11) is 2.15. The first-order valence-electron chi connectivity index (χ1n) is 7.17. The smallest absolute Gasteiger partial charge is 0.101 e. The predicted octanol–water partition coefficient (Wildman–Crippen LogP) is 3.22. The molecule has 3 rings (SSSR count). The van der Waals surface area contributed by atoms with E-state index in [1.165, 1.54) is 5.56 Å². The third-order valence-corrected chi connectivity index (χ3v) is 4.23. The Morgan fingerprint density at radius 3 is 2.70 bits per heavy atom. The first kappa shape index (κ1) is 13.1. The molecular formula is C17H19N3. The number of hydrogen-bond acceptors (Lipinski definition) is 3. The van der Waals surface area contributed by atoms with Crippen LogP contribution in [0.5, 0.6) is 0 Å². The zero-order valence-corrected chi connectivity index (χ0v) is 12.1. The number of piperidine rings is 1. The van der Waals surface area contributed by atoms with Gasteiger partial charge in [-0.15, -0.1) is 0 Å². The van der Waals surface area contributed by atoms with Gasteiger partial charge in [-0.2, -0.15) is 5.26 Å². The average Bonchev–Trinajstić information content (AvgIpc) is 2.46. The Kier molecular flexibility index (Phi) is 3.42. The monoisotopic (exact) mass is 265 g/mol. The van der Waals surface area contributed by atoms with Crippen molar-refractivity contribution in [2.24, 2.45) is 0 Å². The highest BCUT2D eigenvalue weighted by molar-refractivity contribution is 5.81. The fourth-order valence-electron chi connectivity index (χ4n) is 2.97. The molecule has 0 saturated carbocycles. The van der Waals surface area contributed by atoms with Crippen LogP contribution in [0.25, 0.3) is 10.9 Å². The number of nitriles is 1.